The summed E-state index contributed by atoms with van der Waals surface area (Å²) < 4.78 is 10.1. The van der Waals surface area contributed by atoms with Crippen LogP contribution in [0, 0.1) is 5.95 Å². The Morgan fingerprint density at radius 2 is 1.85 bits per heavy atom. The van der Waals surface area contributed by atoms with Crippen molar-refractivity contribution in [3.8, 4) is 0 Å². The van der Waals surface area contributed by atoms with Crippen LogP contribution in [0.5, 0.6) is 0 Å². The van der Waals surface area contributed by atoms with E-state index < -0.39 is 25.8 Å². The summed E-state index contributed by atoms with van der Waals surface area (Å²) in [5.41, 5.74) is -0.735. The summed E-state index contributed by atoms with van der Waals surface area (Å²) in [5.74, 6) is -1.27. The van der Waals surface area contributed by atoms with Crippen LogP contribution in [0.25, 0.3) is 0 Å². The number of alkyl halides is 5. The van der Waals surface area contributed by atoms with E-state index in [-0.39, 0.29) is 0 Å². The fourth-order valence-electron chi connectivity index (χ4n) is 1.20. The lowest BCUT2D eigenvalue weighted by molar-refractivity contribution is 0.236. The van der Waals surface area contributed by atoms with Gasteiger partial charge in [-0.05, 0) is 0 Å². The SMILES string of the molecule is O=C(n1ccnn1)n1nnc(F)c1C(Cl)(Cl)C(Cl)(Cl)Cl. The second-order valence-corrected chi connectivity index (χ2v) is 6.95. The number of hydrogen-bond acceptors (Lipinski definition) is 5. The Hall–Kier alpha value is -0.670. The van der Waals surface area contributed by atoms with Gasteiger partial charge in [-0.2, -0.15) is 13.8 Å². The Morgan fingerprint density at radius 3 is 2.35 bits per heavy atom. The molecule has 0 aliphatic rings. The first-order valence-corrected chi connectivity index (χ1v) is 6.52. The van der Waals surface area contributed by atoms with Gasteiger partial charge < -0.3 is 0 Å². The van der Waals surface area contributed by atoms with Gasteiger partial charge >= 0.3 is 6.03 Å². The van der Waals surface area contributed by atoms with Crippen molar-refractivity contribution in [3.05, 3.63) is 24.0 Å². The third kappa shape index (κ3) is 2.58. The second-order valence-electron chi connectivity index (χ2n) is 3.34. The molecular formula is C7H2Cl5FN6O. The van der Waals surface area contributed by atoms with Crippen molar-refractivity contribution in [1.82, 2.24) is 30.0 Å². The lowest BCUT2D eigenvalue weighted by atomic mass is 10.3. The van der Waals surface area contributed by atoms with Crippen molar-refractivity contribution < 1.29 is 9.18 Å². The van der Waals surface area contributed by atoms with Gasteiger partial charge in [0.25, 0.3) is 5.95 Å². The average molecular weight is 382 g/mol. The molecule has 0 radical (unpaired) electrons. The van der Waals surface area contributed by atoms with Crippen LogP contribution in [0.3, 0.4) is 0 Å². The maximum atomic E-state index is 13.7. The number of aromatic nitrogens is 6. The molecule has 7 nitrogen and oxygen atoms in total. The number of carbonyl (C=O) groups excluding carboxylic acids is 1. The standard InChI is InChI=1S/C7H2Cl5FN6O/c8-6(9,7(10,11)12)3-4(13)15-17-19(3)5(20)18-2-1-14-16-18/h1-2H. The minimum Gasteiger partial charge on any atom is -0.243 e. The number of rotatable bonds is 1. The molecule has 2 aromatic heterocycles. The minimum atomic E-state index is -2.42. The summed E-state index contributed by atoms with van der Waals surface area (Å²) in [5, 5.41) is 13.1. The smallest absolute Gasteiger partial charge is 0.243 e. The van der Waals surface area contributed by atoms with Crippen molar-refractivity contribution >= 4 is 64.0 Å². The van der Waals surface area contributed by atoms with E-state index in [1.165, 1.54) is 12.4 Å². The fraction of sp³-hybridized carbons (Fsp3) is 0.286. The minimum absolute atomic E-state index is 0.423. The molecule has 13 heteroatoms. The van der Waals surface area contributed by atoms with Crippen LogP contribution in [-0.4, -0.2) is 39.8 Å². The van der Waals surface area contributed by atoms with E-state index in [1.54, 1.807) is 0 Å². The molecule has 0 spiro atoms. The lowest BCUT2D eigenvalue weighted by Gasteiger charge is -2.26. The van der Waals surface area contributed by atoms with Gasteiger partial charge in [-0.25, -0.2) is 4.79 Å². The number of nitrogens with zero attached hydrogens (tertiary/aromatic N) is 6. The fourth-order valence-corrected chi connectivity index (χ4v) is 1.79. The van der Waals surface area contributed by atoms with Crippen LogP contribution >= 0.6 is 58.0 Å². The molecule has 0 N–H and O–H groups in total. The highest BCUT2D eigenvalue weighted by Gasteiger charge is 2.53. The number of halogens is 6. The quantitative estimate of drug-likeness (QED) is 0.708. The Kier molecular flexibility index (Phi) is 4.14. The topological polar surface area (TPSA) is 78.5 Å². The van der Waals surface area contributed by atoms with Gasteiger partial charge in [-0.3, -0.25) is 0 Å². The normalized spacial score (nSPS) is 12.7. The van der Waals surface area contributed by atoms with E-state index >= 15 is 0 Å². The van der Waals surface area contributed by atoms with Gasteiger partial charge in [-0.1, -0.05) is 73.5 Å². The van der Waals surface area contributed by atoms with Gasteiger partial charge in [0.2, 0.25) is 8.13 Å². The molecule has 2 aromatic rings. The van der Waals surface area contributed by atoms with Gasteiger partial charge in [-0.15, -0.1) is 5.10 Å². The molecule has 0 unspecified atom stereocenters. The lowest BCUT2D eigenvalue weighted by Crippen LogP contribution is -2.35. The van der Waals surface area contributed by atoms with E-state index in [2.05, 4.69) is 20.6 Å². The Labute approximate surface area is 135 Å². The molecule has 2 rings (SSSR count). The summed E-state index contributed by atoms with van der Waals surface area (Å²) in [4.78, 5) is 12.0. The summed E-state index contributed by atoms with van der Waals surface area (Å²) in [6, 6.07) is -0.964. The first-order valence-electron chi connectivity index (χ1n) is 4.63. The molecular weight excluding hydrogens is 380 g/mol. The van der Waals surface area contributed by atoms with Gasteiger partial charge in [0.15, 0.2) is 0 Å². The van der Waals surface area contributed by atoms with E-state index in [9.17, 15) is 9.18 Å². The molecule has 0 aliphatic heterocycles. The van der Waals surface area contributed by atoms with Crippen molar-refractivity contribution in [2.75, 3.05) is 0 Å². The molecule has 0 saturated heterocycles. The van der Waals surface area contributed by atoms with Crippen molar-refractivity contribution in [3.63, 3.8) is 0 Å². The molecule has 0 saturated carbocycles. The van der Waals surface area contributed by atoms with Crippen molar-refractivity contribution in [2.45, 2.75) is 8.13 Å². The monoisotopic (exact) mass is 380 g/mol. The largest absolute Gasteiger partial charge is 0.372 e. The third-order valence-corrected chi connectivity index (χ3v) is 4.44. The molecule has 0 amide bonds. The molecule has 0 aromatic carbocycles. The van der Waals surface area contributed by atoms with Gasteiger partial charge in [0.05, 0.1) is 12.4 Å². The summed E-state index contributed by atoms with van der Waals surface area (Å²) in [7, 11) is 0. The molecule has 0 bridgehead atoms. The zero-order valence-corrected chi connectivity index (χ0v) is 12.8. The Bertz CT molecular complexity index is 635. The highest BCUT2D eigenvalue weighted by Crippen LogP contribution is 2.53. The van der Waals surface area contributed by atoms with Crippen molar-refractivity contribution in [1.29, 1.82) is 0 Å². The van der Waals surface area contributed by atoms with Crippen LogP contribution in [0.1, 0.15) is 5.69 Å². The second kappa shape index (κ2) is 5.27. The van der Waals surface area contributed by atoms with E-state index in [0.29, 0.717) is 4.68 Å². The van der Waals surface area contributed by atoms with Crippen molar-refractivity contribution in [2.24, 2.45) is 0 Å². The zero-order valence-electron chi connectivity index (χ0n) is 9.01. The zero-order chi connectivity index (χ0) is 15.1. The van der Waals surface area contributed by atoms with E-state index in [0.717, 1.165) is 4.68 Å². The number of hydrogen-bond donors (Lipinski definition) is 0. The highest BCUT2D eigenvalue weighted by atomic mass is 35.6. The van der Waals surface area contributed by atoms with Gasteiger partial charge in [0, 0.05) is 0 Å². The van der Waals surface area contributed by atoms with Crippen LogP contribution in [0.15, 0.2) is 12.4 Å². The number of carbonyl (C=O) groups is 1. The maximum Gasteiger partial charge on any atom is 0.372 e. The van der Waals surface area contributed by atoms with Crippen LogP contribution in [-0.2, 0) is 4.33 Å². The molecule has 108 valence electrons. The molecule has 0 atom stereocenters. The van der Waals surface area contributed by atoms with Crippen LogP contribution in [0.2, 0.25) is 0 Å². The molecule has 20 heavy (non-hydrogen) atoms. The molecule has 0 fully saturated rings. The maximum absolute atomic E-state index is 13.7. The third-order valence-electron chi connectivity index (χ3n) is 2.08. The van der Waals surface area contributed by atoms with Crippen LogP contribution < -0.4 is 0 Å². The van der Waals surface area contributed by atoms with Crippen LogP contribution in [0.4, 0.5) is 9.18 Å². The summed E-state index contributed by atoms with van der Waals surface area (Å²) in [6.45, 7) is 0. The molecule has 2 heterocycles. The average Bonchev–Trinajstić information content (AvgIpc) is 2.95. The highest BCUT2D eigenvalue weighted by molar-refractivity contribution is 6.75. The van der Waals surface area contributed by atoms with E-state index in [4.69, 9.17) is 58.0 Å². The summed E-state index contributed by atoms with van der Waals surface area (Å²) in [6.07, 6.45) is 2.40. The first-order chi connectivity index (χ1) is 9.16. The summed E-state index contributed by atoms with van der Waals surface area (Å²) >= 11 is 28.4. The predicted molar refractivity (Wildman–Crippen MR) is 69.9 cm³/mol. The predicted octanol–water partition coefficient (Wildman–Crippen LogP) is 2.53. The first kappa shape index (κ1) is 15.7. The Balaban J connectivity index is 2.57. The van der Waals surface area contributed by atoms with E-state index in [1.807, 2.05) is 0 Å². The Morgan fingerprint density at radius 1 is 1.20 bits per heavy atom. The van der Waals surface area contributed by atoms with Gasteiger partial charge in [0.1, 0.15) is 5.69 Å². The molecule has 0 aliphatic carbocycles.